The van der Waals surface area contributed by atoms with Gasteiger partial charge in [0.15, 0.2) is 0 Å². The van der Waals surface area contributed by atoms with Crippen molar-refractivity contribution >= 4 is 15.9 Å². The Kier molecular flexibility index (Phi) is 8.61. The molecule has 0 bridgehead atoms. The van der Waals surface area contributed by atoms with Crippen molar-refractivity contribution < 1.29 is 17.3 Å². The second-order valence-corrected chi connectivity index (χ2v) is 11.9. The summed E-state index contributed by atoms with van der Waals surface area (Å²) in [6.07, 6.45) is 6.47. The predicted octanol–water partition coefficient (Wildman–Crippen LogP) is 4.49. The van der Waals surface area contributed by atoms with Gasteiger partial charge in [0.2, 0.25) is 0 Å². The van der Waals surface area contributed by atoms with Crippen LogP contribution in [0.4, 0.5) is 5.82 Å². The fraction of sp³-hybridized carbons (Fsp3) is 0.433. The molecular weight excluding hydrogens is 498 g/mol. The number of aromatic nitrogens is 1. The number of hydrogen-bond acceptors (Lipinski definition) is 7. The molecule has 8 heteroatoms. The maximum atomic E-state index is 12.4. The van der Waals surface area contributed by atoms with E-state index in [1.165, 1.54) is 24.0 Å². The van der Waals surface area contributed by atoms with Gasteiger partial charge in [-0.15, -0.1) is 0 Å². The standard InChI is InChI=1S/C30H37N3O4S/c1-24-5-11-29(12-6-24)38(34,35)37-21-20-36-28-10-9-26-8-7-25(22-27(26)23-28)13-15-32-16-18-33(19-17-32)30-4-2-3-14-31-30/h2-6,9-12,14,23,25H,7-8,13,15-22H2,1H3. The van der Waals surface area contributed by atoms with Crippen LogP contribution in [0.3, 0.4) is 0 Å². The van der Waals surface area contributed by atoms with Crippen LogP contribution in [0, 0.1) is 12.8 Å². The molecular formula is C30H37N3O4S. The van der Waals surface area contributed by atoms with Crippen molar-refractivity contribution in [1.29, 1.82) is 0 Å². The molecule has 3 aromatic rings. The van der Waals surface area contributed by atoms with E-state index in [1.54, 1.807) is 24.3 Å². The zero-order chi connectivity index (χ0) is 26.4. The average Bonchev–Trinajstić information content (AvgIpc) is 2.95. The van der Waals surface area contributed by atoms with Crippen molar-refractivity contribution in [3.63, 3.8) is 0 Å². The summed E-state index contributed by atoms with van der Waals surface area (Å²) in [6.45, 7) is 7.43. The van der Waals surface area contributed by atoms with Crippen LogP contribution in [0.2, 0.25) is 0 Å². The van der Waals surface area contributed by atoms with Gasteiger partial charge in [0.25, 0.3) is 10.1 Å². The molecule has 1 aromatic heterocycles. The Bertz CT molecular complexity index is 1290. The fourth-order valence-corrected chi connectivity index (χ4v) is 6.22. The van der Waals surface area contributed by atoms with Crippen molar-refractivity contribution in [3.05, 3.63) is 83.6 Å². The van der Waals surface area contributed by atoms with Crippen molar-refractivity contribution in [2.24, 2.45) is 5.92 Å². The highest BCUT2D eigenvalue weighted by Crippen LogP contribution is 2.30. The minimum atomic E-state index is -3.78. The number of piperazine rings is 1. The minimum Gasteiger partial charge on any atom is -0.491 e. The molecule has 1 aliphatic heterocycles. The van der Waals surface area contributed by atoms with Gasteiger partial charge in [-0.3, -0.25) is 9.08 Å². The van der Waals surface area contributed by atoms with Crippen molar-refractivity contribution in [3.8, 4) is 5.75 Å². The molecule has 2 aromatic carbocycles. The molecule has 5 rings (SSSR count). The molecule has 1 fully saturated rings. The third kappa shape index (κ3) is 6.92. The van der Waals surface area contributed by atoms with Crippen LogP contribution >= 0.6 is 0 Å². The summed E-state index contributed by atoms with van der Waals surface area (Å²) in [5, 5.41) is 0. The molecule has 2 aliphatic rings. The number of benzene rings is 2. The molecule has 1 unspecified atom stereocenters. The summed E-state index contributed by atoms with van der Waals surface area (Å²) in [7, 11) is -3.78. The zero-order valence-electron chi connectivity index (χ0n) is 22.1. The maximum absolute atomic E-state index is 12.4. The third-order valence-corrected chi connectivity index (χ3v) is 8.93. The van der Waals surface area contributed by atoms with Gasteiger partial charge < -0.3 is 9.64 Å². The second-order valence-electron chi connectivity index (χ2n) is 10.3. The normalized spacial score (nSPS) is 18.2. The van der Waals surface area contributed by atoms with Gasteiger partial charge in [0.05, 0.1) is 4.90 Å². The van der Waals surface area contributed by atoms with Crippen molar-refractivity contribution in [2.45, 2.75) is 37.5 Å². The van der Waals surface area contributed by atoms with Gasteiger partial charge in [-0.05, 0) is 92.6 Å². The maximum Gasteiger partial charge on any atom is 0.297 e. The predicted molar refractivity (Wildman–Crippen MR) is 149 cm³/mol. The summed E-state index contributed by atoms with van der Waals surface area (Å²) >= 11 is 0. The van der Waals surface area contributed by atoms with Gasteiger partial charge >= 0.3 is 0 Å². The Morgan fingerprint density at radius 1 is 0.947 bits per heavy atom. The fourth-order valence-electron chi connectivity index (χ4n) is 5.33. The van der Waals surface area contributed by atoms with E-state index in [0.717, 1.165) is 62.7 Å². The first-order valence-electron chi connectivity index (χ1n) is 13.6. The monoisotopic (exact) mass is 535 g/mol. The number of anilines is 1. The van der Waals surface area contributed by atoms with Gasteiger partial charge in [-0.25, -0.2) is 4.98 Å². The first-order chi connectivity index (χ1) is 18.5. The van der Waals surface area contributed by atoms with Crippen LogP contribution in [0.1, 0.15) is 29.5 Å². The number of ether oxygens (including phenoxy) is 1. The molecule has 7 nitrogen and oxygen atoms in total. The molecule has 0 amide bonds. The zero-order valence-corrected chi connectivity index (χ0v) is 22.9. The summed E-state index contributed by atoms with van der Waals surface area (Å²) in [5.41, 5.74) is 3.75. The molecule has 1 aliphatic carbocycles. The first kappa shape index (κ1) is 26.7. The van der Waals surface area contributed by atoms with E-state index in [4.69, 9.17) is 8.92 Å². The summed E-state index contributed by atoms with van der Waals surface area (Å²) in [5.74, 6) is 2.52. The lowest BCUT2D eigenvalue weighted by Crippen LogP contribution is -2.47. The number of aryl methyl sites for hydroxylation is 2. The number of fused-ring (bicyclic) bond motifs is 1. The van der Waals surface area contributed by atoms with Crippen LogP contribution in [0.15, 0.2) is 71.8 Å². The number of rotatable bonds is 10. The van der Waals surface area contributed by atoms with Crippen LogP contribution in [-0.2, 0) is 27.1 Å². The molecule has 2 heterocycles. The number of hydrogen-bond donors (Lipinski definition) is 0. The van der Waals surface area contributed by atoms with Gasteiger partial charge in [-0.1, -0.05) is 29.8 Å². The van der Waals surface area contributed by atoms with Crippen LogP contribution in [0.5, 0.6) is 5.75 Å². The minimum absolute atomic E-state index is 0.0243. The van der Waals surface area contributed by atoms with Gasteiger partial charge in [0, 0.05) is 32.4 Å². The third-order valence-electron chi connectivity index (χ3n) is 7.61. The Morgan fingerprint density at radius 2 is 1.76 bits per heavy atom. The van der Waals surface area contributed by atoms with E-state index in [9.17, 15) is 8.42 Å². The topological polar surface area (TPSA) is 72.0 Å². The van der Waals surface area contributed by atoms with E-state index < -0.39 is 10.1 Å². The smallest absolute Gasteiger partial charge is 0.297 e. The highest BCUT2D eigenvalue weighted by atomic mass is 32.2. The summed E-state index contributed by atoms with van der Waals surface area (Å²) in [4.78, 5) is 9.61. The van der Waals surface area contributed by atoms with Crippen molar-refractivity contribution in [1.82, 2.24) is 9.88 Å². The average molecular weight is 536 g/mol. The Balaban J connectivity index is 1.05. The summed E-state index contributed by atoms with van der Waals surface area (Å²) < 4.78 is 35.7. The highest BCUT2D eigenvalue weighted by Gasteiger charge is 2.22. The molecule has 202 valence electrons. The van der Waals surface area contributed by atoms with E-state index in [-0.39, 0.29) is 18.1 Å². The largest absolute Gasteiger partial charge is 0.491 e. The second kappa shape index (κ2) is 12.3. The Morgan fingerprint density at radius 3 is 2.53 bits per heavy atom. The molecule has 0 saturated carbocycles. The Labute approximate surface area is 226 Å². The van der Waals surface area contributed by atoms with Crippen LogP contribution < -0.4 is 9.64 Å². The van der Waals surface area contributed by atoms with Crippen LogP contribution in [-0.4, -0.2) is 64.2 Å². The summed E-state index contributed by atoms with van der Waals surface area (Å²) in [6, 6.07) is 19.0. The molecule has 38 heavy (non-hydrogen) atoms. The Hall–Kier alpha value is -2.94. The lowest BCUT2D eigenvalue weighted by atomic mass is 9.82. The number of pyridine rings is 1. The van der Waals surface area contributed by atoms with E-state index >= 15 is 0 Å². The van der Waals surface area contributed by atoms with E-state index in [2.05, 4.69) is 39.0 Å². The molecule has 1 saturated heterocycles. The van der Waals surface area contributed by atoms with Gasteiger partial charge in [0.1, 0.15) is 24.8 Å². The number of nitrogens with zero attached hydrogens (tertiary/aromatic N) is 3. The van der Waals surface area contributed by atoms with E-state index in [1.807, 2.05) is 25.3 Å². The SMILES string of the molecule is Cc1ccc(S(=O)(=O)OCCOc2ccc3c(c2)CC(CCN2CCN(c4ccccn4)CC2)CC3)cc1. The lowest BCUT2D eigenvalue weighted by molar-refractivity contribution is 0.220. The molecule has 0 spiro atoms. The highest BCUT2D eigenvalue weighted by molar-refractivity contribution is 7.86. The molecule has 1 atom stereocenters. The van der Waals surface area contributed by atoms with Crippen molar-refractivity contribution in [2.75, 3.05) is 50.8 Å². The molecule has 0 N–H and O–H groups in total. The van der Waals surface area contributed by atoms with E-state index in [0.29, 0.717) is 5.92 Å². The van der Waals surface area contributed by atoms with Crippen LogP contribution in [0.25, 0.3) is 0 Å². The molecule has 0 radical (unpaired) electrons. The lowest BCUT2D eigenvalue weighted by Gasteiger charge is -2.36. The first-order valence-corrected chi connectivity index (χ1v) is 15.0. The van der Waals surface area contributed by atoms with Gasteiger partial charge in [-0.2, -0.15) is 8.42 Å². The quantitative estimate of drug-likeness (QED) is 0.280.